The number of carbonyl (C=O) groups excluding carboxylic acids is 1. The molecule has 1 aromatic carbocycles. The highest BCUT2D eigenvalue weighted by atomic mass is 32.1. The molecule has 4 rings (SSSR count). The first-order chi connectivity index (χ1) is 14.4. The largest absolute Gasteiger partial charge is 0.494 e. The number of halogens is 1. The summed E-state index contributed by atoms with van der Waals surface area (Å²) < 4.78 is 20.6. The van der Waals surface area contributed by atoms with Crippen LogP contribution in [0.1, 0.15) is 21.7 Å². The number of benzene rings is 1. The molecule has 7 nitrogen and oxygen atoms in total. The minimum Gasteiger partial charge on any atom is -0.494 e. The minimum atomic E-state index is -0.470. The number of hydrogen-bond acceptors (Lipinski definition) is 6. The zero-order chi connectivity index (χ0) is 21.3. The van der Waals surface area contributed by atoms with E-state index in [1.54, 1.807) is 28.3 Å². The quantitative estimate of drug-likeness (QED) is 0.514. The molecule has 0 aliphatic rings. The molecule has 3 heterocycles. The van der Waals surface area contributed by atoms with E-state index in [2.05, 4.69) is 20.4 Å². The van der Waals surface area contributed by atoms with Crippen molar-refractivity contribution in [1.82, 2.24) is 19.7 Å². The van der Waals surface area contributed by atoms with Gasteiger partial charge in [0.15, 0.2) is 22.5 Å². The van der Waals surface area contributed by atoms with Gasteiger partial charge in [0.25, 0.3) is 5.91 Å². The van der Waals surface area contributed by atoms with E-state index in [1.807, 2.05) is 19.9 Å². The fraction of sp³-hybridized carbons (Fsp3) is 0.143. The minimum absolute atomic E-state index is 0.166. The van der Waals surface area contributed by atoms with Crippen molar-refractivity contribution < 1.29 is 13.9 Å². The van der Waals surface area contributed by atoms with Crippen LogP contribution in [0.5, 0.6) is 5.75 Å². The summed E-state index contributed by atoms with van der Waals surface area (Å²) in [7, 11) is 1.41. The number of nitrogens with zero attached hydrogens (tertiary/aromatic N) is 4. The number of anilines is 1. The van der Waals surface area contributed by atoms with Crippen LogP contribution in [0.15, 0.2) is 48.0 Å². The fourth-order valence-electron chi connectivity index (χ4n) is 2.97. The summed E-state index contributed by atoms with van der Waals surface area (Å²) in [5.74, 6) is 0.000673. The Bertz CT molecular complexity index is 1220. The van der Waals surface area contributed by atoms with Crippen molar-refractivity contribution in [2.24, 2.45) is 0 Å². The van der Waals surface area contributed by atoms with Gasteiger partial charge in [-0.3, -0.25) is 10.1 Å². The number of hydrogen-bond donors (Lipinski definition) is 1. The Labute approximate surface area is 176 Å². The van der Waals surface area contributed by atoms with Gasteiger partial charge in [-0.15, -0.1) is 11.3 Å². The lowest BCUT2D eigenvalue weighted by Gasteiger charge is -2.05. The van der Waals surface area contributed by atoms with E-state index in [1.165, 1.54) is 36.8 Å². The van der Waals surface area contributed by atoms with Crippen molar-refractivity contribution in [2.45, 2.75) is 13.8 Å². The number of rotatable bonds is 5. The predicted molar refractivity (Wildman–Crippen MR) is 113 cm³/mol. The number of methoxy groups -OCH3 is 1. The van der Waals surface area contributed by atoms with Crippen molar-refractivity contribution in [2.75, 3.05) is 12.4 Å². The molecule has 0 aliphatic heterocycles. The molecule has 0 radical (unpaired) electrons. The van der Waals surface area contributed by atoms with Gasteiger partial charge >= 0.3 is 0 Å². The van der Waals surface area contributed by atoms with Crippen LogP contribution in [0, 0.1) is 19.7 Å². The molecule has 0 unspecified atom stereocenters. The topological polar surface area (TPSA) is 81.9 Å². The normalized spacial score (nSPS) is 10.8. The van der Waals surface area contributed by atoms with E-state index < -0.39 is 5.82 Å². The molecule has 4 aromatic rings. The van der Waals surface area contributed by atoms with Crippen LogP contribution in [0.4, 0.5) is 9.52 Å². The maximum atomic E-state index is 13.9. The Morgan fingerprint density at radius 3 is 2.67 bits per heavy atom. The molecule has 9 heteroatoms. The van der Waals surface area contributed by atoms with Gasteiger partial charge in [0, 0.05) is 22.8 Å². The molecule has 0 spiro atoms. The maximum absolute atomic E-state index is 13.9. The van der Waals surface area contributed by atoms with Crippen LogP contribution in [0.2, 0.25) is 0 Å². The van der Waals surface area contributed by atoms with E-state index in [4.69, 9.17) is 4.74 Å². The second-order valence-electron chi connectivity index (χ2n) is 6.59. The van der Waals surface area contributed by atoms with Crippen molar-refractivity contribution in [3.8, 4) is 22.8 Å². The van der Waals surface area contributed by atoms with Gasteiger partial charge in [0.05, 0.1) is 24.1 Å². The van der Waals surface area contributed by atoms with Crippen molar-refractivity contribution in [3.05, 3.63) is 70.7 Å². The molecular weight excluding hydrogens is 405 g/mol. The van der Waals surface area contributed by atoms with Crippen LogP contribution in [-0.2, 0) is 0 Å². The van der Waals surface area contributed by atoms with Gasteiger partial charge in [-0.25, -0.2) is 19.0 Å². The van der Waals surface area contributed by atoms with Gasteiger partial charge in [-0.1, -0.05) is 0 Å². The molecule has 1 amide bonds. The smallest absolute Gasteiger partial charge is 0.259 e. The van der Waals surface area contributed by atoms with Gasteiger partial charge in [0.1, 0.15) is 0 Å². The van der Waals surface area contributed by atoms with E-state index in [0.29, 0.717) is 27.8 Å². The molecule has 0 bridgehead atoms. The van der Waals surface area contributed by atoms with Crippen LogP contribution < -0.4 is 10.1 Å². The summed E-state index contributed by atoms with van der Waals surface area (Å²) in [6, 6.07) is 9.98. The van der Waals surface area contributed by atoms with Crippen LogP contribution in [0.3, 0.4) is 0 Å². The number of thiazole rings is 1. The average molecular weight is 423 g/mol. The second kappa shape index (κ2) is 8.03. The Balaban J connectivity index is 1.48. The number of carbonyl (C=O) groups is 1. The third kappa shape index (κ3) is 3.92. The zero-order valence-electron chi connectivity index (χ0n) is 16.5. The first kappa shape index (κ1) is 19.7. The van der Waals surface area contributed by atoms with E-state index in [0.717, 1.165) is 11.4 Å². The highest BCUT2D eigenvalue weighted by Crippen LogP contribution is 2.28. The third-order valence-corrected chi connectivity index (χ3v) is 5.17. The van der Waals surface area contributed by atoms with Gasteiger partial charge in [-0.05, 0) is 50.2 Å². The first-order valence-electron chi connectivity index (χ1n) is 9.05. The predicted octanol–water partition coefficient (Wildman–Crippen LogP) is 4.41. The summed E-state index contributed by atoms with van der Waals surface area (Å²) in [4.78, 5) is 21.2. The molecule has 3 aromatic heterocycles. The summed E-state index contributed by atoms with van der Waals surface area (Å²) in [5, 5.41) is 9.29. The summed E-state index contributed by atoms with van der Waals surface area (Å²) >= 11 is 1.26. The van der Waals surface area contributed by atoms with E-state index in [-0.39, 0.29) is 11.7 Å². The lowest BCUT2D eigenvalue weighted by Crippen LogP contribution is -2.12. The maximum Gasteiger partial charge on any atom is 0.259 e. The van der Waals surface area contributed by atoms with Crippen molar-refractivity contribution in [3.63, 3.8) is 0 Å². The lowest BCUT2D eigenvalue weighted by atomic mass is 10.1. The molecule has 0 fully saturated rings. The Morgan fingerprint density at radius 1 is 1.20 bits per heavy atom. The molecule has 0 atom stereocenters. The fourth-order valence-corrected chi connectivity index (χ4v) is 3.68. The molecular formula is C21H18FN5O2S. The van der Waals surface area contributed by atoms with Crippen LogP contribution >= 0.6 is 11.3 Å². The first-order valence-corrected chi connectivity index (χ1v) is 9.93. The lowest BCUT2D eigenvalue weighted by molar-refractivity contribution is 0.102. The summed E-state index contributed by atoms with van der Waals surface area (Å²) in [6.07, 6.45) is 1.49. The third-order valence-electron chi connectivity index (χ3n) is 4.41. The number of nitrogens with one attached hydrogen (secondary N) is 1. The SMILES string of the molecule is COc1ccc(-c2csc(NC(=O)c3ccc(-n4nc(C)cc4C)nc3)n2)cc1F. The van der Waals surface area contributed by atoms with Gasteiger partial charge < -0.3 is 4.74 Å². The Kier molecular flexibility index (Phi) is 5.28. The van der Waals surface area contributed by atoms with Crippen molar-refractivity contribution >= 4 is 22.4 Å². The monoisotopic (exact) mass is 423 g/mol. The molecule has 152 valence electrons. The number of pyridine rings is 1. The van der Waals surface area contributed by atoms with Crippen LogP contribution in [-0.4, -0.2) is 32.8 Å². The van der Waals surface area contributed by atoms with Gasteiger partial charge in [0.2, 0.25) is 0 Å². The molecule has 0 saturated carbocycles. The standard InChI is InChI=1S/C21H18FN5O2S/c1-12-8-13(2)27(26-12)19-7-5-15(10-23-19)20(28)25-21-24-17(11-30-21)14-4-6-18(29-3)16(22)9-14/h4-11H,1-3H3,(H,24,25,28). The number of aromatic nitrogens is 4. The molecule has 1 N–H and O–H groups in total. The molecule has 0 saturated heterocycles. The Morgan fingerprint density at radius 2 is 2.03 bits per heavy atom. The summed E-state index contributed by atoms with van der Waals surface area (Å²) in [5.41, 5.74) is 3.42. The van der Waals surface area contributed by atoms with Crippen molar-refractivity contribution in [1.29, 1.82) is 0 Å². The van der Waals surface area contributed by atoms with Crippen LogP contribution in [0.25, 0.3) is 17.1 Å². The van der Waals surface area contributed by atoms with E-state index >= 15 is 0 Å². The van der Waals surface area contributed by atoms with E-state index in [9.17, 15) is 9.18 Å². The highest BCUT2D eigenvalue weighted by molar-refractivity contribution is 7.14. The zero-order valence-corrected chi connectivity index (χ0v) is 17.3. The average Bonchev–Trinajstić information content (AvgIpc) is 3.33. The number of amides is 1. The molecule has 30 heavy (non-hydrogen) atoms. The summed E-state index contributed by atoms with van der Waals surface area (Å²) in [6.45, 7) is 3.85. The molecule has 0 aliphatic carbocycles. The highest BCUT2D eigenvalue weighted by Gasteiger charge is 2.13. The Hall–Kier alpha value is -3.59. The number of aryl methyl sites for hydroxylation is 2. The number of ether oxygens (including phenoxy) is 1. The second-order valence-corrected chi connectivity index (χ2v) is 7.44. The van der Waals surface area contributed by atoms with Gasteiger partial charge in [-0.2, -0.15) is 5.10 Å².